The van der Waals surface area contributed by atoms with Crippen molar-refractivity contribution in [1.29, 1.82) is 0 Å². The fourth-order valence-corrected chi connectivity index (χ4v) is 1.78. The van der Waals surface area contributed by atoms with Crippen molar-refractivity contribution in [1.82, 2.24) is 9.97 Å². The summed E-state index contributed by atoms with van der Waals surface area (Å²) in [6.45, 7) is 0. The molecule has 0 bridgehead atoms. The Labute approximate surface area is 98.0 Å². The van der Waals surface area contributed by atoms with Gasteiger partial charge < -0.3 is 5.11 Å². The van der Waals surface area contributed by atoms with Crippen LogP contribution in [0.4, 0.5) is 4.39 Å². The molecule has 0 saturated heterocycles. The maximum absolute atomic E-state index is 13.6. The second kappa shape index (κ2) is 3.80. The van der Waals surface area contributed by atoms with Gasteiger partial charge in [0.05, 0.1) is 5.69 Å². The van der Waals surface area contributed by atoms with Crippen LogP contribution in [-0.4, -0.2) is 15.1 Å². The maximum atomic E-state index is 13.6. The van der Waals surface area contributed by atoms with Gasteiger partial charge in [-0.15, -0.1) is 0 Å². The number of benzene rings is 1. The summed E-state index contributed by atoms with van der Waals surface area (Å²) in [5, 5.41) is 9.55. The van der Waals surface area contributed by atoms with E-state index in [1.54, 1.807) is 18.2 Å². The minimum Gasteiger partial charge on any atom is -0.493 e. The number of halogens is 1. The molecule has 3 nitrogen and oxygen atoms in total. The number of aromatic hydroxyl groups is 1. The molecule has 0 aliphatic heterocycles. The van der Waals surface area contributed by atoms with Gasteiger partial charge in [0.15, 0.2) is 0 Å². The highest BCUT2D eigenvalue weighted by molar-refractivity contribution is 5.60. The maximum Gasteiger partial charge on any atom is 0.214 e. The zero-order chi connectivity index (χ0) is 11.8. The third-order valence-electron chi connectivity index (χ3n) is 2.82. The average Bonchev–Trinajstić information content (AvgIpc) is 3.12. The normalized spacial score (nSPS) is 14.9. The quantitative estimate of drug-likeness (QED) is 0.862. The van der Waals surface area contributed by atoms with Crippen molar-refractivity contribution in [3.8, 4) is 17.1 Å². The van der Waals surface area contributed by atoms with Gasteiger partial charge in [0.25, 0.3) is 0 Å². The van der Waals surface area contributed by atoms with Crippen LogP contribution in [0.5, 0.6) is 5.88 Å². The molecule has 1 aromatic heterocycles. The number of aromatic nitrogens is 2. The molecule has 1 aliphatic rings. The van der Waals surface area contributed by atoms with Gasteiger partial charge in [0, 0.05) is 17.5 Å². The van der Waals surface area contributed by atoms with E-state index < -0.39 is 0 Å². The standard InChI is InChI=1S/C13H11FN2O/c14-10-4-2-1-3-9(10)11-7-12(17)16-13(15-11)8-5-6-8/h1-4,7-8H,5-6H2,(H,15,16,17). The first-order valence-electron chi connectivity index (χ1n) is 5.57. The first-order valence-corrected chi connectivity index (χ1v) is 5.57. The Morgan fingerprint density at radius 1 is 1.18 bits per heavy atom. The smallest absolute Gasteiger partial charge is 0.214 e. The highest BCUT2D eigenvalue weighted by Gasteiger charge is 2.27. The van der Waals surface area contributed by atoms with Crippen molar-refractivity contribution in [3.05, 3.63) is 42.0 Å². The van der Waals surface area contributed by atoms with Gasteiger partial charge in [0.2, 0.25) is 5.88 Å². The Balaban J connectivity index is 2.11. The van der Waals surface area contributed by atoms with E-state index in [1.807, 2.05) is 0 Å². The van der Waals surface area contributed by atoms with Crippen LogP contribution in [-0.2, 0) is 0 Å². The van der Waals surface area contributed by atoms with Gasteiger partial charge in [-0.05, 0) is 25.0 Å². The summed E-state index contributed by atoms with van der Waals surface area (Å²) in [6.07, 6.45) is 2.08. The molecule has 1 N–H and O–H groups in total. The van der Waals surface area contributed by atoms with Crippen LogP contribution < -0.4 is 0 Å². The van der Waals surface area contributed by atoms with Crippen LogP contribution >= 0.6 is 0 Å². The van der Waals surface area contributed by atoms with E-state index >= 15 is 0 Å². The van der Waals surface area contributed by atoms with Crippen molar-refractivity contribution in [2.75, 3.05) is 0 Å². The zero-order valence-electron chi connectivity index (χ0n) is 9.10. The summed E-state index contributed by atoms with van der Waals surface area (Å²) in [5.74, 6) is 0.503. The van der Waals surface area contributed by atoms with Crippen molar-refractivity contribution in [2.45, 2.75) is 18.8 Å². The van der Waals surface area contributed by atoms with Crippen LogP contribution in [0, 0.1) is 5.82 Å². The van der Waals surface area contributed by atoms with E-state index in [1.165, 1.54) is 12.1 Å². The molecule has 1 aromatic carbocycles. The van der Waals surface area contributed by atoms with Gasteiger partial charge >= 0.3 is 0 Å². The van der Waals surface area contributed by atoms with Crippen molar-refractivity contribution >= 4 is 0 Å². The summed E-state index contributed by atoms with van der Waals surface area (Å²) in [6, 6.07) is 7.79. The van der Waals surface area contributed by atoms with E-state index in [4.69, 9.17) is 0 Å². The molecule has 2 aromatic rings. The monoisotopic (exact) mass is 230 g/mol. The topological polar surface area (TPSA) is 46.0 Å². The first kappa shape index (κ1) is 10.2. The largest absolute Gasteiger partial charge is 0.493 e. The Bertz CT molecular complexity index is 567. The van der Waals surface area contributed by atoms with E-state index in [-0.39, 0.29) is 11.7 Å². The second-order valence-electron chi connectivity index (χ2n) is 4.22. The lowest BCUT2D eigenvalue weighted by atomic mass is 10.1. The number of rotatable bonds is 2. The number of nitrogens with zero attached hydrogens (tertiary/aromatic N) is 2. The van der Waals surface area contributed by atoms with Crippen molar-refractivity contribution in [2.24, 2.45) is 0 Å². The van der Waals surface area contributed by atoms with Crippen LogP contribution in [0.2, 0.25) is 0 Å². The molecule has 1 saturated carbocycles. The zero-order valence-corrected chi connectivity index (χ0v) is 9.10. The predicted octanol–water partition coefficient (Wildman–Crippen LogP) is 2.87. The number of hydrogen-bond donors (Lipinski definition) is 1. The predicted molar refractivity (Wildman–Crippen MR) is 61.1 cm³/mol. The SMILES string of the molecule is Oc1cc(-c2ccccc2F)nc(C2CC2)n1. The molecule has 4 heteroatoms. The van der Waals surface area contributed by atoms with Gasteiger partial charge in [0.1, 0.15) is 11.6 Å². The van der Waals surface area contributed by atoms with Crippen molar-refractivity contribution < 1.29 is 9.50 Å². The molecule has 86 valence electrons. The van der Waals surface area contributed by atoms with Crippen LogP contribution in [0.3, 0.4) is 0 Å². The summed E-state index contributed by atoms with van der Waals surface area (Å²) in [4.78, 5) is 8.29. The Hall–Kier alpha value is -1.97. The second-order valence-corrected chi connectivity index (χ2v) is 4.22. The minimum absolute atomic E-state index is 0.0971. The lowest BCUT2D eigenvalue weighted by Crippen LogP contribution is -1.96. The van der Waals surface area contributed by atoms with E-state index in [2.05, 4.69) is 9.97 Å². The highest BCUT2D eigenvalue weighted by atomic mass is 19.1. The fraction of sp³-hybridized carbons (Fsp3) is 0.231. The van der Waals surface area contributed by atoms with E-state index in [0.717, 1.165) is 12.8 Å². The summed E-state index contributed by atoms with van der Waals surface area (Å²) < 4.78 is 13.6. The molecule has 0 spiro atoms. The molecule has 0 amide bonds. The third-order valence-corrected chi connectivity index (χ3v) is 2.82. The molecule has 3 rings (SSSR count). The fourth-order valence-electron chi connectivity index (χ4n) is 1.78. The molecular weight excluding hydrogens is 219 g/mol. The van der Waals surface area contributed by atoms with Crippen LogP contribution in [0.1, 0.15) is 24.6 Å². The molecule has 1 aliphatic carbocycles. The number of hydrogen-bond acceptors (Lipinski definition) is 3. The third kappa shape index (κ3) is 1.98. The molecular formula is C13H11FN2O. The van der Waals surface area contributed by atoms with Gasteiger partial charge in [-0.1, -0.05) is 12.1 Å². The molecule has 1 fully saturated rings. The van der Waals surface area contributed by atoms with Crippen molar-refractivity contribution in [3.63, 3.8) is 0 Å². The summed E-state index contributed by atoms with van der Waals surface area (Å²) in [5.41, 5.74) is 0.838. The minimum atomic E-state index is -0.340. The molecule has 0 unspecified atom stereocenters. The Morgan fingerprint density at radius 3 is 2.65 bits per heavy atom. The van der Waals surface area contributed by atoms with E-state index in [0.29, 0.717) is 23.0 Å². The molecule has 17 heavy (non-hydrogen) atoms. The van der Waals surface area contributed by atoms with Gasteiger partial charge in [-0.25, -0.2) is 9.37 Å². The van der Waals surface area contributed by atoms with E-state index in [9.17, 15) is 9.50 Å². The lowest BCUT2D eigenvalue weighted by Gasteiger charge is -2.05. The molecule has 0 atom stereocenters. The highest BCUT2D eigenvalue weighted by Crippen LogP contribution is 2.39. The summed E-state index contributed by atoms with van der Waals surface area (Å²) >= 11 is 0. The molecule has 1 heterocycles. The van der Waals surface area contributed by atoms with Crippen LogP contribution in [0.15, 0.2) is 30.3 Å². The Morgan fingerprint density at radius 2 is 1.94 bits per heavy atom. The Kier molecular flexibility index (Phi) is 2.28. The lowest BCUT2D eigenvalue weighted by molar-refractivity contribution is 0.449. The first-order chi connectivity index (χ1) is 8.24. The average molecular weight is 230 g/mol. The van der Waals surface area contributed by atoms with Gasteiger partial charge in [-0.2, -0.15) is 4.98 Å². The summed E-state index contributed by atoms with van der Waals surface area (Å²) in [7, 11) is 0. The van der Waals surface area contributed by atoms with Crippen LogP contribution in [0.25, 0.3) is 11.3 Å². The molecule has 0 radical (unpaired) electrons. The van der Waals surface area contributed by atoms with Gasteiger partial charge in [-0.3, -0.25) is 0 Å².